The number of hydrogen-bond donors (Lipinski definition) is 1. The van der Waals surface area contributed by atoms with Crippen LogP contribution in [-0.2, 0) is 20.7 Å². The van der Waals surface area contributed by atoms with E-state index in [9.17, 15) is 4.79 Å². The van der Waals surface area contributed by atoms with Crippen LogP contribution in [0.2, 0.25) is 0 Å². The second kappa shape index (κ2) is 12.6. The van der Waals surface area contributed by atoms with Gasteiger partial charge in [-0.25, -0.2) is 0 Å². The zero-order chi connectivity index (χ0) is 22.9. The summed E-state index contributed by atoms with van der Waals surface area (Å²) in [5.41, 5.74) is 1.36. The van der Waals surface area contributed by atoms with Gasteiger partial charge in [0.25, 0.3) is 0 Å². The summed E-state index contributed by atoms with van der Waals surface area (Å²) in [5, 5.41) is 8.74. The molecule has 1 aromatic carbocycles. The van der Waals surface area contributed by atoms with Crippen molar-refractivity contribution in [1.29, 1.82) is 0 Å². The lowest BCUT2D eigenvalue weighted by atomic mass is 9.78. The van der Waals surface area contributed by atoms with E-state index in [4.69, 9.17) is 14.6 Å². The zero-order valence-electron chi connectivity index (χ0n) is 19.4. The van der Waals surface area contributed by atoms with Crippen molar-refractivity contribution >= 4 is 17.7 Å². The van der Waals surface area contributed by atoms with Crippen LogP contribution in [-0.4, -0.2) is 47.0 Å². The number of ether oxygens (including phenoxy) is 2. The summed E-state index contributed by atoms with van der Waals surface area (Å²) in [5.74, 6) is 9.39. The Labute approximate surface area is 202 Å². The molecule has 2 bridgehead atoms. The Morgan fingerprint density at radius 2 is 1.70 bits per heavy atom. The highest BCUT2D eigenvalue weighted by molar-refractivity contribution is 7.99. The molecule has 3 aliphatic heterocycles. The molecule has 0 aliphatic carbocycles. The van der Waals surface area contributed by atoms with Gasteiger partial charge in [0.1, 0.15) is 12.2 Å². The summed E-state index contributed by atoms with van der Waals surface area (Å²) in [4.78, 5) is 10.6. The van der Waals surface area contributed by atoms with Crippen LogP contribution < -0.4 is 0 Å². The van der Waals surface area contributed by atoms with Crippen molar-refractivity contribution < 1.29 is 19.4 Å². The van der Waals surface area contributed by atoms with Crippen LogP contribution in [0.15, 0.2) is 42.5 Å². The molecule has 6 atom stereocenters. The van der Waals surface area contributed by atoms with Gasteiger partial charge in [-0.3, -0.25) is 4.79 Å². The fourth-order valence-electron chi connectivity index (χ4n) is 5.11. The van der Waals surface area contributed by atoms with E-state index in [1.165, 1.54) is 24.2 Å². The molecule has 33 heavy (non-hydrogen) atoms. The number of unbranched alkanes of at least 4 members (excludes halogenated alkanes) is 3. The van der Waals surface area contributed by atoms with Gasteiger partial charge in [0, 0.05) is 25.2 Å². The molecule has 0 spiro atoms. The molecule has 3 fully saturated rings. The smallest absolute Gasteiger partial charge is 0.303 e. The van der Waals surface area contributed by atoms with E-state index in [-0.39, 0.29) is 18.6 Å². The maximum atomic E-state index is 10.6. The first-order chi connectivity index (χ1) is 16.2. The Morgan fingerprint density at radius 3 is 2.52 bits per heavy atom. The van der Waals surface area contributed by atoms with Gasteiger partial charge in [0.05, 0.1) is 12.2 Å². The molecule has 0 saturated carbocycles. The molecule has 3 saturated heterocycles. The fraction of sp³-hybridized carbons (Fsp3) is 0.607. The molecule has 3 heterocycles. The number of hydrogen-bond acceptors (Lipinski definition) is 4. The van der Waals surface area contributed by atoms with Crippen LogP contribution in [0.4, 0.5) is 0 Å². The minimum Gasteiger partial charge on any atom is -0.481 e. The van der Waals surface area contributed by atoms with Crippen LogP contribution in [0.1, 0.15) is 56.9 Å². The minimum absolute atomic E-state index is 0.248. The number of allylic oxidation sites excluding steroid dienone is 2. The van der Waals surface area contributed by atoms with Gasteiger partial charge in [0.15, 0.2) is 0 Å². The number of benzene rings is 1. The lowest BCUT2D eigenvalue weighted by Crippen LogP contribution is -2.34. The first kappa shape index (κ1) is 24.4. The van der Waals surface area contributed by atoms with Crippen LogP contribution in [0, 0.1) is 23.7 Å². The predicted octanol–water partition coefficient (Wildman–Crippen LogP) is 5.51. The van der Waals surface area contributed by atoms with Crippen molar-refractivity contribution in [2.45, 2.75) is 82.2 Å². The molecule has 0 unspecified atom stereocenters. The van der Waals surface area contributed by atoms with Crippen molar-refractivity contribution in [3.8, 4) is 11.8 Å². The first-order valence-electron chi connectivity index (χ1n) is 12.5. The van der Waals surface area contributed by atoms with Gasteiger partial charge in [-0.1, -0.05) is 42.5 Å². The van der Waals surface area contributed by atoms with Gasteiger partial charge in [-0.05, 0) is 61.5 Å². The molecule has 0 radical (unpaired) electrons. The molecule has 4 rings (SSSR count). The molecular formula is C28H36O4S. The van der Waals surface area contributed by atoms with E-state index in [1.807, 2.05) is 0 Å². The third-order valence-corrected chi connectivity index (χ3v) is 8.11. The Bertz CT molecular complexity index is 842. The van der Waals surface area contributed by atoms with Crippen molar-refractivity contribution in [3.05, 3.63) is 48.0 Å². The number of carboxylic acids is 1. The highest BCUT2D eigenvalue weighted by Gasteiger charge is 2.68. The summed E-state index contributed by atoms with van der Waals surface area (Å²) in [6.07, 6.45) is 13.8. The number of rotatable bonds is 14. The summed E-state index contributed by atoms with van der Waals surface area (Å²) in [7, 11) is 0. The van der Waals surface area contributed by atoms with E-state index in [0.717, 1.165) is 37.9 Å². The standard InChI is InChI=1S/C28H36O4S/c29-24(30)18-12-5-4-11-17-22-23(26-28-27(32-28)25(22)31-26)20-33-19-13-6-2-1-3-8-14-21-15-9-7-10-16-21/h4,7,9-11,15-16,22-23,25-28H,2,5-6,8,12-14,17-20H2,(H,29,30)/t22-,23+,25+,26-,27-,28+/m0/s1. The molecule has 4 nitrogen and oxygen atoms in total. The predicted molar refractivity (Wildman–Crippen MR) is 133 cm³/mol. The number of thioether (sulfide) groups is 1. The van der Waals surface area contributed by atoms with Crippen LogP contribution >= 0.6 is 11.8 Å². The molecule has 1 aromatic rings. The van der Waals surface area contributed by atoms with Crippen molar-refractivity contribution in [1.82, 2.24) is 0 Å². The van der Waals surface area contributed by atoms with Crippen molar-refractivity contribution in [2.75, 3.05) is 11.5 Å². The van der Waals surface area contributed by atoms with E-state index < -0.39 is 5.97 Å². The van der Waals surface area contributed by atoms with Gasteiger partial charge in [0.2, 0.25) is 0 Å². The molecule has 0 aromatic heterocycles. The molecule has 3 aliphatic rings. The second-order valence-electron chi connectivity index (χ2n) is 9.32. The van der Waals surface area contributed by atoms with Crippen LogP contribution in [0.25, 0.3) is 0 Å². The van der Waals surface area contributed by atoms with Gasteiger partial charge < -0.3 is 14.6 Å². The Kier molecular flexibility index (Phi) is 9.35. The molecule has 178 valence electrons. The SMILES string of the molecule is O=C(O)CCCC=CC[C@H]1[C@@H](CSCCCCC#CCCc2ccccc2)[C@@H]2O[C@H]1[C@@H]1O[C@@H]12. The number of aryl methyl sites for hydroxylation is 1. The van der Waals surface area contributed by atoms with E-state index >= 15 is 0 Å². The first-order valence-corrected chi connectivity index (χ1v) is 13.6. The second-order valence-corrected chi connectivity index (χ2v) is 10.5. The number of carbonyl (C=O) groups is 1. The third-order valence-electron chi connectivity index (χ3n) is 6.91. The maximum absolute atomic E-state index is 10.6. The minimum atomic E-state index is -0.714. The average molecular weight is 469 g/mol. The lowest BCUT2D eigenvalue weighted by molar-refractivity contribution is -0.137. The number of epoxide rings is 1. The maximum Gasteiger partial charge on any atom is 0.303 e. The number of aliphatic carboxylic acids is 1. The largest absolute Gasteiger partial charge is 0.481 e. The number of fused-ring (bicyclic) bond motifs is 5. The Balaban J connectivity index is 1.08. The summed E-state index contributed by atoms with van der Waals surface area (Å²) < 4.78 is 12.1. The summed E-state index contributed by atoms with van der Waals surface area (Å²) >= 11 is 2.06. The zero-order valence-corrected chi connectivity index (χ0v) is 20.2. The highest BCUT2D eigenvalue weighted by Crippen LogP contribution is 2.55. The van der Waals surface area contributed by atoms with Gasteiger partial charge in [-0.15, -0.1) is 11.8 Å². The fourth-order valence-corrected chi connectivity index (χ4v) is 6.40. The molecule has 5 heteroatoms. The van der Waals surface area contributed by atoms with Crippen molar-refractivity contribution in [3.63, 3.8) is 0 Å². The Morgan fingerprint density at radius 1 is 0.939 bits per heavy atom. The molecule has 1 N–H and O–H groups in total. The van der Waals surface area contributed by atoms with Crippen LogP contribution in [0.5, 0.6) is 0 Å². The van der Waals surface area contributed by atoms with E-state index in [2.05, 4.69) is 66.1 Å². The van der Waals surface area contributed by atoms with E-state index in [1.54, 1.807) is 0 Å². The number of carboxylic acid groups (broad SMARTS) is 1. The Hall–Kier alpha value is -1.74. The van der Waals surface area contributed by atoms with Crippen molar-refractivity contribution in [2.24, 2.45) is 11.8 Å². The van der Waals surface area contributed by atoms with Gasteiger partial charge >= 0.3 is 5.97 Å². The summed E-state index contributed by atoms with van der Waals surface area (Å²) in [6.45, 7) is 0. The quantitative estimate of drug-likeness (QED) is 0.169. The third kappa shape index (κ3) is 7.12. The highest BCUT2D eigenvalue weighted by atomic mass is 32.2. The average Bonchev–Trinajstić information content (AvgIpc) is 3.44. The molecule has 0 amide bonds. The summed E-state index contributed by atoms with van der Waals surface area (Å²) in [6, 6.07) is 10.6. The molecular weight excluding hydrogens is 432 g/mol. The topological polar surface area (TPSA) is 59.1 Å². The normalized spacial score (nSPS) is 29.1. The van der Waals surface area contributed by atoms with Crippen LogP contribution in [0.3, 0.4) is 0 Å². The lowest BCUT2D eigenvalue weighted by Gasteiger charge is -2.24. The monoisotopic (exact) mass is 468 g/mol. The van der Waals surface area contributed by atoms with E-state index in [0.29, 0.717) is 30.5 Å². The van der Waals surface area contributed by atoms with Gasteiger partial charge in [-0.2, -0.15) is 11.8 Å².